The van der Waals surface area contributed by atoms with Crippen LogP contribution in [0.3, 0.4) is 0 Å². The lowest BCUT2D eigenvalue weighted by molar-refractivity contribution is 0.0983. The van der Waals surface area contributed by atoms with E-state index in [-0.39, 0.29) is 11.8 Å². The van der Waals surface area contributed by atoms with Gasteiger partial charge in [0, 0.05) is 23.0 Å². The normalized spacial score (nSPS) is 10.3. The molecular weight excluding hydrogens is 386 g/mol. The predicted octanol–water partition coefficient (Wildman–Crippen LogP) is 5.18. The molecule has 1 heterocycles. The number of carbonyl (C=O) groups excluding carboxylic acids is 2. The zero-order valence-corrected chi connectivity index (χ0v) is 16.8. The van der Waals surface area contributed by atoms with Gasteiger partial charge >= 0.3 is 0 Å². The van der Waals surface area contributed by atoms with E-state index in [4.69, 9.17) is 0 Å². The first-order valence-corrected chi connectivity index (χ1v) is 9.94. The molecule has 0 unspecified atom stereocenters. The number of nitrogens with one attached hydrogen (secondary N) is 1. The van der Waals surface area contributed by atoms with Crippen molar-refractivity contribution in [2.24, 2.45) is 0 Å². The third kappa shape index (κ3) is 5.03. The minimum Gasteiger partial charge on any atom is -0.322 e. The first-order valence-electron chi connectivity index (χ1n) is 9.94. The van der Waals surface area contributed by atoms with Crippen LogP contribution in [0.4, 0.5) is 11.5 Å². The fourth-order valence-corrected chi connectivity index (χ4v) is 3.18. The van der Waals surface area contributed by atoms with E-state index in [0.717, 1.165) is 5.56 Å². The molecule has 0 radical (unpaired) electrons. The fourth-order valence-electron chi connectivity index (χ4n) is 3.18. The monoisotopic (exact) mass is 407 g/mol. The summed E-state index contributed by atoms with van der Waals surface area (Å²) in [6.45, 7) is 0.406. The Morgan fingerprint density at radius 1 is 0.710 bits per heavy atom. The van der Waals surface area contributed by atoms with Gasteiger partial charge in [-0.15, -0.1) is 0 Å². The summed E-state index contributed by atoms with van der Waals surface area (Å²) in [5, 5.41) is 2.85. The number of carbonyl (C=O) groups is 2. The Bertz CT molecular complexity index is 1150. The van der Waals surface area contributed by atoms with Crippen molar-refractivity contribution in [2.45, 2.75) is 6.54 Å². The van der Waals surface area contributed by atoms with Gasteiger partial charge in [0.05, 0.1) is 6.54 Å². The van der Waals surface area contributed by atoms with Gasteiger partial charge in [0.15, 0.2) is 0 Å². The van der Waals surface area contributed by atoms with Gasteiger partial charge in [-0.2, -0.15) is 0 Å². The molecule has 1 N–H and O–H groups in total. The van der Waals surface area contributed by atoms with E-state index < -0.39 is 0 Å². The molecule has 152 valence electrons. The third-order valence-electron chi connectivity index (χ3n) is 4.78. The quantitative estimate of drug-likeness (QED) is 0.479. The highest BCUT2D eigenvalue weighted by atomic mass is 16.2. The molecule has 0 bridgehead atoms. The molecule has 0 saturated heterocycles. The van der Waals surface area contributed by atoms with E-state index in [2.05, 4.69) is 10.3 Å². The molecule has 0 aliphatic carbocycles. The first-order chi connectivity index (χ1) is 15.2. The molecule has 4 rings (SSSR count). The largest absolute Gasteiger partial charge is 0.322 e. The SMILES string of the molecule is O=C(Nc1ccc(C(=O)N(Cc2ccccc2)c2ccccn2)cc1)c1ccccc1. The minimum absolute atomic E-state index is 0.163. The molecule has 0 aliphatic heterocycles. The maximum atomic E-state index is 13.3. The summed E-state index contributed by atoms with van der Waals surface area (Å²) in [6.07, 6.45) is 1.67. The van der Waals surface area contributed by atoms with Gasteiger partial charge in [-0.25, -0.2) is 4.98 Å². The summed E-state index contributed by atoms with van der Waals surface area (Å²) < 4.78 is 0. The Morgan fingerprint density at radius 2 is 1.35 bits per heavy atom. The highest BCUT2D eigenvalue weighted by molar-refractivity contribution is 6.07. The van der Waals surface area contributed by atoms with Gasteiger partial charge in [-0.1, -0.05) is 54.6 Å². The van der Waals surface area contributed by atoms with Crippen LogP contribution in [0, 0.1) is 0 Å². The molecule has 5 nitrogen and oxygen atoms in total. The summed E-state index contributed by atoms with van der Waals surface area (Å²) in [7, 11) is 0. The molecule has 0 aliphatic rings. The van der Waals surface area contributed by atoms with Gasteiger partial charge < -0.3 is 5.32 Å². The van der Waals surface area contributed by atoms with Gasteiger partial charge in [0.25, 0.3) is 11.8 Å². The number of amides is 2. The number of hydrogen-bond acceptors (Lipinski definition) is 3. The van der Waals surface area contributed by atoms with Crippen LogP contribution in [0.25, 0.3) is 0 Å². The van der Waals surface area contributed by atoms with Gasteiger partial charge in [-0.3, -0.25) is 14.5 Å². The maximum absolute atomic E-state index is 13.3. The van der Waals surface area contributed by atoms with Crippen molar-refractivity contribution < 1.29 is 9.59 Å². The number of hydrogen-bond donors (Lipinski definition) is 1. The predicted molar refractivity (Wildman–Crippen MR) is 122 cm³/mol. The van der Waals surface area contributed by atoms with Crippen molar-refractivity contribution >= 4 is 23.3 Å². The molecule has 2 amide bonds. The smallest absolute Gasteiger partial charge is 0.259 e. The Balaban J connectivity index is 1.53. The molecule has 5 heteroatoms. The molecule has 1 aromatic heterocycles. The van der Waals surface area contributed by atoms with E-state index in [0.29, 0.717) is 29.2 Å². The maximum Gasteiger partial charge on any atom is 0.259 e. The Hall–Kier alpha value is -4.25. The second kappa shape index (κ2) is 9.50. The van der Waals surface area contributed by atoms with E-state index in [1.165, 1.54) is 0 Å². The number of benzene rings is 3. The van der Waals surface area contributed by atoms with E-state index in [9.17, 15) is 9.59 Å². The van der Waals surface area contributed by atoms with Crippen LogP contribution < -0.4 is 10.2 Å². The van der Waals surface area contributed by atoms with Crippen molar-refractivity contribution in [3.05, 3.63) is 126 Å². The molecule has 0 atom stereocenters. The highest BCUT2D eigenvalue weighted by Gasteiger charge is 2.19. The summed E-state index contributed by atoms with van der Waals surface area (Å²) in [5.41, 5.74) is 2.72. The van der Waals surface area contributed by atoms with Crippen molar-refractivity contribution in [3.8, 4) is 0 Å². The lowest BCUT2D eigenvalue weighted by Crippen LogP contribution is -2.31. The lowest BCUT2D eigenvalue weighted by Gasteiger charge is -2.22. The number of nitrogens with zero attached hydrogens (tertiary/aromatic N) is 2. The van der Waals surface area contributed by atoms with Crippen LogP contribution in [0.1, 0.15) is 26.3 Å². The number of pyridine rings is 1. The summed E-state index contributed by atoms with van der Waals surface area (Å²) >= 11 is 0. The summed E-state index contributed by atoms with van der Waals surface area (Å²) in [6, 6.07) is 31.2. The van der Waals surface area contributed by atoms with Crippen LogP contribution in [0.5, 0.6) is 0 Å². The minimum atomic E-state index is -0.195. The molecule has 0 fully saturated rings. The van der Waals surface area contributed by atoms with E-state index in [1.807, 2.05) is 66.7 Å². The van der Waals surface area contributed by atoms with Crippen LogP contribution >= 0.6 is 0 Å². The molecule has 0 spiro atoms. The van der Waals surface area contributed by atoms with Gasteiger partial charge in [0.2, 0.25) is 0 Å². The zero-order valence-electron chi connectivity index (χ0n) is 16.8. The second-order valence-corrected chi connectivity index (χ2v) is 6.96. The third-order valence-corrected chi connectivity index (χ3v) is 4.78. The number of rotatable bonds is 6. The number of anilines is 2. The average molecular weight is 407 g/mol. The van der Waals surface area contributed by atoms with Crippen molar-refractivity contribution in [2.75, 3.05) is 10.2 Å². The van der Waals surface area contributed by atoms with Crippen molar-refractivity contribution in [1.29, 1.82) is 0 Å². The van der Waals surface area contributed by atoms with Gasteiger partial charge in [0.1, 0.15) is 5.82 Å². The van der Waals surface area contributed by atoms with Gasteiger partial charge in [-0.05, 0) is 54.1 Å². The standard InChI is InChI=1S/C26H21N3O2/c30-25(21-11-5-2-6-12-21)28-23-16-14-22(15-17-23)26(31)29(24-13-7-8-18-27-24)19-20-9-3-1-4-10-20/h1-18H,19H2,(H,28,30). The van der Waals surface area contributed by atoms with Crippen LogP contribution in [0.2, 0.25) is 0 Å². The van der Waals surface area contributed by atoms with Crippen LogP contribution in [-0.4, -0.2) is 16.8 Å². The Morgan fingerprint density at radius 3 is 2.00 bits per heavy atom. The Kier molecular flexibility index (Phi) is 6.14. The fraction of sp³-hybridized carbons (Fsp3) is 0.0385. The lowest BCUT2D eigenvalue weighted by atomic mass is 10.1. The number of aromatic nitrogens is 1. The molecule has 31 heavy (non-hydrogen) atoms. The van der Waals surface area contributed by atoms with Crippen LogP contribution in [0.15, 0.2) is 109 Å². The topological polar surface area (TPSA) is 62.3 Å². The molecule has 3 aromatic carbocycles. The summed E-state index contributed by atoms with van der Waals surface area (Å²) in [4.78, 5) is 31.6. The van der Waals surface area contributed by atoms with Crippen molar-refractivity contribution in [3.63, 3.8) is 0 Å². The molecule has 4 aromatic rings. The zero-order chi connectivity index (χ0) is 21.5. The molecular formula is C26H21N3O2. The highest BCUT2D eigenvalue weighted by Crippen LogP contribution is 2.19. The average Bonchev–Trinajstić information content (AvgIpc) is 2.84. The van der Waals surface area contributed by atoms with E-state index >= 15 is 0 Å². The van der Waals surface area contributed by atoms with E-state index in [1.54, 1.807) is 47.5 Å². The van der Waals surface area contributed by atoms with Crippen LogP contribution in [-0.2, 0) is 6.54 Å². The molecule has 0 saturated carbocycles. The first kappa shape index (κ1) is 20.0. The van der Waals surface area contributed by atoms with Crippen molar-refractivity contribution in [1.82, 2.24) is 4.98 Å². The Labute approximate surface area is 181 Å². The second-order valence-electron chi connectivity index (χ2n) is 6.96. The summed E-state index contributed by atoms with van der Waals surface area (Å²) in [5.74, 6) is 0.222.